The Balaban J connectivity index is 2.32. The SMILES string of the molecule is CC(=CCl)CN1CCN[C@H](C)C1. The molecular weight excluding hydrogens is 172 g/mol. The van der Waals surface area contributed by atoms with Crippen molar-refractivity contribution >= 4 is 11.6 Å². The number of hydrogen-bond donors (Lipinski definition) is 1. The van der Waals surface area contributed by atoms with Gasteiger partial charge in [0.15, 0.2) is 0 Å². The summed E-state index contributed by atoms with van der Waals surface area (Å²) in [4.78, 5) is 2.43. The van der Waals surface area contributed by atoms with Gasteiger partial charge in [-0.3, -0.25) is 4.90 Å². The summed E-state index contributed by atoms with van der Waals surface area (Å²) in [5, 5.41) is 3.41. The molecule has 3 heteroatoms. The molecule has 1 N–H and O–H groups in total. The maximum atomic E-state index is 5.60. The van der Waals surface area contributed by atoms with Crippen LogP contribution >= 0.6 is 11.6 Å². The fourth-order valence-electron chi connectivity index (χ4n) is 1.54. The van der Waals surface area contributed by atoms with Gasteiger partial charge in [-0.05, 0) is 19.4 Å². The zero-order valence-electron chi connectivity index (χ0n) is 7.81. The normalized spacial score (nSPS) is 27.6. The van der Waals surface area contributed by atoms with Crippen LogP contribution in [0.1, 0.15) is 13.8 Å². The van der Waals surface area contributed by atoms with Crippen LogP contribution in [0.2, 0.25) is 0 Å². The maximum absolute atomic E-state index is 5.60. The van der Waals surface area contributed by atoms with Crippen molar-refractivity contribution in [3.8, 4) is 0 Å². The Kier molecular flexibility index (Phi) is 4.06. The standard InChI is InChI=1S/C9H17ClN2/c1-8(5-10)6-12-4-3-11-9(2)7-12/h5,9,11H,3-4,6-7H2,1-2H3/t9-/m1/s1. The van der Waals surface area contributed by atoms with E-state index in [0.29, 0.717) is 6.04 Å². The number of nitrogens with zero attached hydrogens (tertiary/aromatic N) is 1. The van der Waals surface area contributed by atoms with E-state index < -0.39 is 0 Å². The van der Waals surface area contributed by atoms with Crippen LogP contribution in [0, 0.1) is 0 Å². The molecule has 0 radical (unpaired) electrons. The molecule has 0 bridgehead atoms. The van der Waals surface area contributed by atoms with Crippen LogP contribution in [0.25, 0.3) is 0 Å². The molecule has 1 fully saturated rings. The van der Waals surface area contributed by atoms with Crippen LogP contribution in [0.3, 0.4) is 0 Å². The van der Waals surface area contributed by atoms with Crippen LogP contribution < -0.4 is 5.32 Å². The average Bonchev–Trinajstić information content (AvgIpc) is 2.04. The van der Waals surface area contributed by atoms with Gasteiger partial charge in [0.05, 0.1) is 0 Å². The molecule has 1 atom stereocenters. The summed E-state index contributed by atoms with van der Waals surface area (Å²) in [5.41, 5.74) is 2.91. The number of hydrogen-bond acceptors (Lipinski definition) is 2. The van der Waals surface area contributed by atoms with Gasteiger partial charge >= 0.3 is 0 Å². The molecule has 1 rings (SSSR count). The Hall–Kier alpha value is -0.0500. The van der Waals surface area contributed by atoms with Gasteiger partial charge in [0, 0.05) is 37.8 Å². The van der Waals surface area contributed by atoms with Crippen molar-refractivity contribution in [1.82, 2.24) is 10.2 Å². The Morgan fingerprint density at radius 3 is 3.08 bits per heavy atom. The quantitative estimate of drug-likeness (QED) is 0.706. The van der Waals surface area contributed by atoms with Crippen LogP contribution in [0.5, 0.6) is 0 Å². The second kappa shape index (κ2) is 4.85. The second-order valence-corrected chi connectivity index (χ2v) is 3.76. The molecule has 1 saturated heterocycles. The Morgan fingerprint density at radius 2 is 2.50 bits per heavy atom. The number of halogens is 1. The van der Waals surface area contributed by atoms with Crippen LogP contribution in [-0.2, 0) is 0 Å². The monoisotopic (exact) mass is 188 g/mol. The molecule has 0 amide bonds. The summed E-state index contributed by atoms with van der Waals surface area (Å²) in [6.45, 7) is 8.65. The summed E-state index contributed by atoms with van der Waals surface area (Å²) in [5.74, 6) is 0. The van der Waals surface area contributed by atoms with E-state index in [-0.39, 0.29) is 0 Å². The van der Waals surface area contributed by atoms with Gasteiger partial charge in [-0.15, -0.1) is 0 Å². The highest BCUT2D eigenvalue weighted by molar-refractivity contribution is 6.25. The second-order valence-electron chi connectivity index (χ2n) is 3.55. The Bertz CT molecular complexity index is 168. The molecule has 0 unspecified atom stereocenters. The molecular formula is C9H17ClN2. The third-order valence-electron chi connectivity index (χ3n) is 2.11. The molecule has 0 saturated carbocycles. The number of rotatable bonds is 2. The molecule has 0 aromatic rings. The van der Waals surface area contributed by atoms with Crippen molar-refractivity contribution < 1.29 is 0 Å². The number of piperazine rings is 1. The van der Waals surface area contributed by atoms with Crippen molar-refractivity contribution in [2.75, 3.05) is 26.2 Å². The topological polar surface area (TPSA) is 15.3 Å². The predicted octanol–water partition coefficient (Wildman–Crippen LogP) is 1.42. The lowest BCUT2D eigenvalue weighted by Gasteiger charge is -2.31. The molecule has 0 aliphatic carbocycles. The summed E-state index contributed by atoms with van der Waals surface area (Å²) in [6, 6.07) is 0.613. The molecule has 0 aromatic heterocycles. The van der Waals surface area contributed by atoms with Crippen molar-refractivity contribution in [3.05, 3.63) is 11.1 Å². The fourth-order valence-corrected chi connectivity index (χ4v) is 1.61. The lowest BCUT2D eigenvalue weighted by atomic mass is 10.2. The maximum Gasteiger partial charge on any atom is 0.0203 e. The van der Waals surface area contributed by atoms with E-state index in [1.54, 1.807) is 5.54 Å². The fraction of sp³-hybridized carbons (Fsp3) is 0.778. The van der Waals surface area contributed by atoms with Gasteiger partial charge in [-0.1, -0.05) is 11.6 Å². The van der Waals surface area contributed by atoms with Gasteiger partial charge in [-0.25, -0.2) is 0 Å². The van der Waals surface area contributed by atoms with Gasteiger partial charge in [-0.2, -0.15) is 0 Å². The summed E-state index contributed by atoms with van der Waals surface area (Å²) in [6.07, 6.45) is 0. The van der Waals surface area contributed by atoms with Gasteiger partial charge in [0.25, 0.3) is 0 Å². The van der Waals surface area contributed by atoms with E-state index in [4.69, 9.17) is 11.6 Å². The zero-order valence-corrected chi connectivity index (χ0v) is 8.56. The summed E-state index contributed by atoms with van der Waals surface area (Å²) < 4.78 is 0. The third-order valence-corrected chi connectivity index (χ3v) is 2.48. The van der Waals surface area contributed by atoms with E-state index >= 15 is 0 Å². The lowest BCUT2D eigenvalue weighted by molar-refractivity contribution is 0.222. The molecule has 70 valence electrons. The van der Waals surface area contributed by atoms with E-state index in [1.165, 1.54) is 5.57 Å². The molecule has 0 spiro atoms. The van der Waals surface area contributed by atoms with Gasteiger partial charge < -0.3 is 5.32 Å². The van der Waals surface area contributed by atoms with Gasteiger partial charge in [0.2, 0.25) is 0 Å². The van der Waals surface area contributed by atoms with Crippen LogP contribution in [0.4, 0.5) is 0 Å². The Morgan fingerprint density at radius 1 is 1.75 bits per heavy atom. The molecule has 2 nitrogen and oxygen atoms in total. The highest BCUT2D eigenvalue weighted by atomic mass is 35.5. The minimum Gasteiger partial charge on any atom is -0.312 e. The van der Waals surface area contributed by atoms with Crippen LogP contribution in [-0.4, -0.2) is 37.1 Å². The highest BCUT2D eigenvalue weighted by Crippen LogP contribution is 2.03. The third kappa shape index (κ3) is 3.13. The molecule has 1 aliphatic rings. The molecule has 1 aliphatic heterocycles. The summed E-state index contributed by atoms with van der Waals surface area (Å²) >= 11 is 5.60. The smallest absolute Gasteiger partial charge is 0.0203 e. The van der Waals surface area contributed by atoms with Crippen molar-refractivity contribution in [1.29, 1.82) is 0 Å². The van der Waals surface area contributed by atoms with Crippen LogP contribution in [0.15, 0.2) is 11.1 Å². The van der Waals surface area contributed by atoms with E-state index in [0.717, 1.165) is 26.2 Å². The van der Waals surface area contributed by atoms with E-state index in [2.05, 4.69) is 24.1 Å². The molecule has 12 heavy (non-hydrogen) atoms. The minimum absolute atomic E-state index is 0.613. The first-order chi connectivity index (χ1) is 5.72. The zero-order chi connectivity index (χ0) is 8.97. The summed E-state index contributed by atoms with van der Waals surface area (Å²) in [7, 11) is 0. The van der Waals surface area contributed by atoms with E-state index in [1.807, 2.05) is 0 Å². The van der Waals surface area contributed by atoms with Crippen molar-refractivity contribution in [2.24, 2.45) is 0 Å². The van der Waals surface area contributed by atoms with Gasteiger partial charge in [0.1, 0.15) is 0 Å². The molecule has 1 heterocycles. The first-order valence-electron chi connectivity index (χ1n) is 4.44. The largest absolute Gasteiger partial charge is 0.312 e. The van der Waals surface area contributed by atoms with Crippen molar-refractivity contribution in [2.45, 2.75) is 19.9 Å². The predicted molar refractivity (Wildman–Crippen MR) is 53.5 cm³/mol. The van der Waals surface area contributed by atoms with E-state index in [9.17, 15) is 0 Å². The number of nitrogens with one attached hydrogen (secondary N) is 1. The first kappa shape index (κ1) is 10.0. The first-order valence-corrected chi connectivity index (χ1v) is 4.87. The van der Waals surface area contributed by atoms with Crippen molar-refractivity contribution in [3.63, 3.8) is 0 Å². The average molecular weight is 189 g/mol. The minimum atomic E-state index is 0.613. The molecule has 0 aromatic carbocycles. The lowest BCUT2D eigenvalue weighted by Crippen LogP contribution is -2.49. The Labute approximate surface area is 79.6 Å². The highest BCUT2D eigenvalue weighted by Gasteiger charge is 2.14.